The smallest absolute Gasteiger partial charge is 0.258 e. The molecule has 1 aromatic carbocycles. The maximum absolute atomic E-state index is 10.9. The fourth-order valence-corrected chi connectivity index (χ4v) is 3.16. The minimum absolute atomic E-state index is 0.0729. The van der Waals surface area contributed by atoms with Crippen molar-refractivity contribution < 1.29 is 4.92 Å². The summed E-state index contributed by atoms with van der Waals surface area (Å²) < 4.78 is 1.82. The monoisotopic (exact) mass is 372 g/mol. The predicted octanol–water partition coefficient (Wildman–Crippen LogP) is 4.87. The number of aromatic nitrogens is 1. The highest BCUT2D eigenvalue weighted by atomic mass is 32.1. The zero-order valence-corrected chi connectivity index (χ0v) is 16.2. The van der Waals surface area contributed by atoms with Crippen LogP contribution >= 0.6 is 11.3 Å². The van der Waals surface area contributed by atoms with Crippen molar-refractivity contribution in [3.8, 4) is 11.3 Å². The van der Waals surface area contributed by atoms with E-state index in [4.69, 9.17) is 5.10 Å². The Balaban J connectivity index is 2.46. The molecule has 0 amide bonds. The number of hydrogen-bond donors (Lipinski definition) is 0. The van der Waals surface area contributed by atoms with Crippen LogP contribution in [0.4, 0.5) is 5.69 Å². The molecule has 7 heteroatoms. The Labute approximate surface area is 157 Å². The van der Waals surface area contributed by atoms with E-state index in [1.165, 1.54) is 23.5 Å². The van der Waals surface area contributed by atoms with Gasteiger partial charge in [0.25, 0.3) is 5.69 Å². The second-order valence-electron chi connectivity index (χ2n) is 6.42. The van der Waals surface area contributed by atoms with Gasteiger partial charge in [-0.3, -0.25) is 15.1 Å². The van der Waals surface area contributed by atoms with Gasteiger partial charge in [0.05, 0.1) is 17.2 Å². The van der Waals surface area contributed by atoms with Gasteiger partial charge in [0.2, 0.25) is 4.80 Å². The van der Waals surface area contributed by atoms with Crippen molar-refractivity contribution in [1.29, 1.82) is 0 Å². The molecule has 0 aliphatic carbocycles. The lowest BCUT2D eigenvalue weighted by Gasteiger charge is -2.07. The fourth-order valence-electron chi connectivity index (χ4n) is 2.32. The summed E-state index contributed by atoms with van der Waals surface area (Å²) in [6.07, 6.45) is 3.73. The molecule has 0 atom stereocenters. The summed E-state index contributed by atoms with van der Waals surface area (Å²) in [4.78, 5) is 15.8. The number of nitro groups is 1. The average molecular weight is 372 g/mol. The van der Waals surface area contributed by atoms with E-state index < -0.39 is 4.92 Å². The quantitative estimate of drug-likeness (QED) is 0.287. The van der Waals surface area contributed by atoms with Crippen LogP contribution in [0.1, 0.15) is 33.6 Å². The predicted molar refractivity (Wildman–Crippen MR) is 108 cm³/mol. The van der Waals surface area contributed by atoms with Gasteiger partial charge in [-0.2, -0.15) is 5.10 Å². The lowest BCUT2D eigenvalue weighted by molar-refractivity contribution is -0.384. The Morgan fingerprint density at radius 1 is 1.38 bits per heavy atom. The van der Waals surface area contributed by atoms with Crippen LogP contribution in [0.3, 0.4) is 0 Å². The minimum atomic E-state index is -0.398. The van der Waals surface area contributed by atoms with Crippen LogP contribution in [-0.4, -0.2) is 21.9 Å². The third-order valence-electron chi connectivity index (χ3n) is 3.77. The molecule has 2 aromatic rings. The molecule has 0 fully saturated rings. The van der Waals surface area contributed by atoms with E-state index in [9.17, 15) is 10.1 Å². The standard InChI is InChI=1S/C19H24N4O2S/c1-5-12-20-19-22(21-15(4)7-6-14(2)3)18(13-26-19)16-8-10-17(11-9-16)23(24)25/h5,8-11,13-14H,1,6-7,12H2,2-4H3. The van der Waals surface area contributed by atoms with Gasteiger partial charge in [-0.25, -0.2) is 4.68 Å². The number of hydrogen-bond acceptors (Lipinski definition) is 5. The van der Waals surface area contributed by atoms with Gasteiger partial charge in [-0.15, -0.1) is 17.9 Å². The maximum Gasteiger partial charge on any atom is 0.269 e. The third kappa shape index (κ3) is 5.23. The van der Waals surface area contributed by atoms with Crippen molar-refractivity contribution in [3.63, 3.8) is 0 Å². The number of thiazole rings is 1. The van der Waals surface area contributed by atoms with Crippen LogP contribution in [0, 0.1) is 16.0 Å². The van der Waals surface area contributed by atoms with Crippen LogP contribution in [0.15, 0.2) is 52.4 Å². The highest BCUT2D eigenvalue weighted by molar-refractivity contribution is 7.07. The van der Waals surface area contributed by atoms with E-state index in [-0.39, 0.29) is 5.69 Å². The van der Waals surface area contributed by atoms with Crippen LogP contribution in [-0.2, 0) is 0 Å². The summed E-state index contributed by atoms with van der Waals surface area (Å²) in [6, 6.07) is 6.50. The highest BCUT2D eigenvalue weighted by Gasteiger charge is 2.11. The molecule has 1 aromatic heterocycles. The number of benzene rings is 1. The van der Waals surface area contributed by atoms with E-state index in [2.05, 4.69) is 25.4 Å². The summed E-state index contributed by atoms with van der Waals surface area (Å²) in [5, 5.41) is 17.6. The molecule has 6 nitrogen and oxygen atoms in total. The van der Waals surface area contributed by atoms with E-state index in [1.54, 1.807) is 18.2 Å². The van der Waals surface area contributed by atoms with Gasteiger partial charge < -0.3 is 0 Å². The molecule has 0 spiro atoms. The second-order valence-corrected chi connectivity index (χ2v) is 7.25. The largest absolute Gasteiger partial charge is 0.269 e. The maximum atomic E-state index is 10.9. The summed E-state index contributed by atoms with van der Waals surface area (Å²) in [5.41, 5.74) is 2.84. The zero-order chi connectivity index (χ0) is 19.1. The topological polar surface area (TPSA) is 72.8 Å². The lowest BCUT2D eigenvalue weighted by atomic mass is 10.1. The van der Waals surface area contributed by atoms with Gasteiger partial charge in [0, 0.05) is 28.8 Å². The van der Waals surface area contributed by atoms with Crippen molar-refractivity contribution >= 4 is 22.7 Å². The molecule has 138 valence electrons. The minimum Gasteiger partial charge on any atom is -0.258 e. The van der Waals surface area contributed by atoms with Gasteiger partial charge in [0.1, 0.15) is 0 Å². The van der Waals surface area contributed by atoms with Gasteiger partial charge in [-0.05, 0) is 37.8 Å². The summed E-state index contributed by atoms with van der Waals surface area (Å²) >= 11 is 1.50. The van der Waals surface area contributed by atoms with Crippen LogP contribution < -0.4 is 4.80 Å². The summed E-state index contributed by atoms with van der Waals surface area (Å²) in [6.45, 7) is 10.6. The number of rotatable bonds is 8. The van der Waals surface area contributed by atoms with Gasteiger partial charge in [-0.1, -0.05) is 19.9 Å². The molecule has 0 aliphatic heterocycles. The van der Waals surface area contributed by atoms with Gasteiger partial charge in [0.15, 0.2) is 0 Å². The Kier molecular flexibility index (Phi) is 7.03. The average Bonchev–Trinajstić information content (AvgIpc) is 3.00. The van der Waals surface area contributed by atoms with E-state index >= 15 is 0 Å². The molecule has 0 saturated carbocycles. The lowest BCUT2D eigenvalue weighted by Crippen LogP contribution is -2.14. The Bertz CT molecular complexity index is 860. The first-order valence-electron chi connectivity index (χ1n) is 8.53. The Hall–Kier alpha value is -2.54. The van der Waals surface area contributed by atoms with Crippen LogP contribution in [0.25, 0.3) is 11.3 Å². The molecule has 0 aliphatic rings. The third-order valence-corrected chi connectivity index (χ3v) is 4.62. The molecular formula is C19H24N4O2S. The van der Waals surface area contributed by atoms with Crippen molar-refractivity contribution in [1.82, 2.24) is 4.68 Å². The van der Waals surface area contributed by atoms with Crippen molar-refractivity contribution in [2.75, 3.05) is 6.54 Å². The first-order valence-corrected chi connectivity index (χ1v) is 9.41. The molecule has 26 heavy (non-hydrogen) atoms. The van der Waals surface area contributed by atoms with E-state index in [0.29, 0.717) is 12.5 Å². The van der Waals surface area contributed by atoms with Crippen molar-refractivity contribution in [2.45, 2.75) is 33.6 Å². The molecule has 0 N–H and O–H groups in total. The summed E-state index contributed by atoms with van der Waals surface area (Å²) in [5.74, 6) is 0.617. The molecule has 0 bridgehead atoms. The number of nitro benzene ring substituents is 1. The Morgan fingerprint density at radius 2 is 2.08 bits per heavy atom. The normalized spacial score (nSPS) is 12.6. The zero-order valence-electron chi connectivity index (χ0n) is 15.4. The molecule has 0 saturated heterocycles. The highest BCUT2D eigenvalue weighted by Crippen LogP contribution is 2.23. The fraction of sp³-hybridized carbons (Fsp3) is 0.368. The number of nitrogens with zero attached hydrogens (tertiary/aromatic N) is 4. The second kappa shape index (κ2) is 9.24. The molecule has 0 radical (unpaired) electrons. The molecule has 1 heterocycles. The summed E-state index contributed by atoms with van der Waals surface area (Å²) in [7, 11) is 0. The molecule has 2 rings (SSSR count). The van der Waals surface area contributed by atoms with Crippen molar-refractivity contribution in [2.24, 2.45) is 16.0 Å². The first kappa shape index (κ1) is 19.8. The molecule has 0 unspecified atom stereocenters. The van der Waals surface area contributed by atoms with E-state index in [1.807, 2.05) is 17.0 Å². The van der Waals surface area contributed by atoms with Gasteiger partial charge >= 0.3 is 0 Å². The first-order chi connectivity index (χ1) is 12.4. The Morgan fingerprint density at radius 3 is 2.65 bits per heavy atom. The van der Waals surface area contributed by atoms with Crippen LogP contribution in [0.5, 0.6) is 0 Å². The number of non-ortho nitro benzene ring substituents is 1. The van der Waals surface area contributed by atoms with E-state index in [0.717, 1.165) is 34.6 Å². The SMILES string of the molecule is C=CCN=c1scc(-c2ccc([N+](=O)[O-])cc2)n1N=C(C)CCC(C)C. The van der Waals surface area contributed by atoms with Crippen LogP contribution in [0.2, 0.25) is 0 Å². The van der Waals surface area contributed by atoms with Crippen molar-refractivity contribution in [3.05, 3.63) is 57.2 Å². The molecular weight excluding hydrogens is 348 g/mol.